The number of hydrogen-bond acceptors (Lipinski definition) is 8. The zero-order valence-corrected chi connectivity index (χ0v) is 19.2. The molecule has 1 aliphatic heterocycles. The zero-order valence-electron chi connectivity index (χ0n) is 17.5. The molecule has 1 aliphatic rings. The number of carbonyl (C=O) groups excluding carboxylic acids is 1. The number of methoxy groups -OCH3 is 1. The number of carbonyl (C=O) groups is 1. The van der Waals surface area contributed by atoms with E-state index < -0.39 is 10.0 Å². The topological polar surface area (TPSA) is 107 Å². The highest BCUT2D eigenvalue weighted by molar-refractivity contribution is 7.99. The highest BCUT2D eigenvalue weighted by Gasteiger charge is 2.27. The van der Waals surface area contributed by atoms with E-state index in [1.807, 2.05) is 24.3 Å². The summed E-state index contributed by atoms with van der Waals surface area (Å²) in [4.78, 5) is 12.8. The molecule has 32 heavy (non-hydrogen) atoms. The summed E-state index contributed by atoms with van der Waals surface area (Å²) in [6.07, 6.45) is 1.76. The summed E-state index contributed by atoms with van der Waals surface area (Å²) in [5.74, 6) is 0.783. The van der Waals surface area contributed by atoms with Crippen molar-refractivity contribution in [3.63, 3.8) is 0 Å². The van der Waals surface area contributed by atoms with Crippen LogP contribution in [0.3, 0.4) is 0 Å². The smallest absolute Gasteiger partial charge is 0.243 e. The maximum absolute atomic E-state index is 12.6. The van der Waals surface area contributed by atoms with Crippen molar-refractivity contribution < 1.29 is 17.9 Å². The van der Waals surface area contributed by atoms with Crippen LogP contribution in [-0.2, 0) is 16.6 Å². The van der Waals surface area contributed by atoms with Crippen molar-refractivity contribution in [2.24, 2.45) is 0 Å². The Morgan fingerprint density at radius 1 is 1.06 bits per heavy atom. The lowest BCUT2D eigenvalue weighted by Crippen LogP contribution is -2.27. The molecule has 0 radical (unpaired) electrons. The van der Waals surface area contributed by atoms with Crippen LogP contribution in [-0.4, -0.2) is 64.7 Å². The quantitative estimate of drug-likeness (QED) is 0.345. The van der Waals surface area contributed by atoms with Crippen molar-refractivity contribution in [1.29, 1.82) is 0 Å². The molecular weight excluding hydrogens is 450 g/mol. The minimum absolute atomic E-state index is 0.126. The van der Waals surface area contributed by atoms with E-state index in [1.165, 1.54) is 28.2 Å². The van der Waals surface area contributed by atoms with E-state index in [4.69, 9.17) is 4.74 Å². The summed E-state index contributed by atoms with van der Waals surface area (Å²) >= 11 is 1.24. The first-order valence-corrected chi connectivity index (χ1v) is 12.6. The molecule has 0 N–H and O–H groups in total. The number of ether oxygens (including phenoxy) is 1. The van der Waals surface area contributed by atoms with Gasteiger partial charge in [-0.15, -0.1) is 5.10 Å². The molecule has 168 valence electrons. The second kappa shape index (κ2) is 9.80. The third-order valence-corrected chi connectivity index (χ3v) is 8.07. The number of rotatable bonds is 9. The average molecular weight is 474 g/mol. The maximum Gasteiger partial charge on any atom is 0.243 e. The van der Waals surface area contributed by atoms with Gasteiger partial charge in [0.1, 0.15) is 5.75 Å². The van der Waals surface area contributed by atoms with Gasteiger partial charge in [0.15, 0.2) is 5.78 Å². The predicted octanol–water partition coefficient (Wildman–Crippen LogP) is 2.49. The lowest BCUT2D eigenvalue weighted by atomic mass is 10.1. The van der Waals surface area contributed by atoms with Gasteiger partial charge in [-0.1, -0.05) is 36.0 Å². The summed E-state index contributed by atoms with van der Waals surface area (Å²) in [7, 11) is -1.88. The molecule has 0 unspecified atom stereocenters. The van der Waals surface area contributed by atoms with Gasteiger partial charge in [-0.05, 0) is 53.1 Å². The largest absolute Gasteiger partial charge is 0.497 e. The fraction of sp³-hybridized carbons (Fsp3) is 0.333. The van der Waals surface area contributed by atoms with Gasteiger partial charge in [0.2, 0.25) is 15.2 Å². The van der Waals surface area contributed by atoms with Crippen LogP contribution < -0.4 is 4.74 Å². The van der Waals surface area contributed by atoms with E-state index in [0.29, 0.717) is 30.4 Å². The van der Waals surface area contributed by atoms with Gasteiger partial charge in [0, 0.05) is 18.7 Å². The van der Waals surface area contributed by atoms with Gasteiger partial charge in [-0.3, -0.25) is 4.79 Å². The summed E-state index contributed by atoms with van der Waals surface area (Å²) < 4.78 is 33.5. The van der Waals surface area contributed by atoms with Crippen LogP contribution in [0, 0.1) is 0 Å². The van der Waals surface area contributed by atoms with Crippen LogP contribution in [0.4, 0.5) is 0 Å². The molecule has 0 spiro atoms. The third-order valence-electron chi connectivity index (χ3n) is 5.20. The van der Waals surface area contributed by atoms with Gasteiger partial charge in [-0.2, -0.15) is 4.31 Å². The van der Waals surface area contributed by atoms with Crippen molar-refractivity contribution in [1.82, 2.24) is 24.5 Å². The number of nitrogens with zero attached hydrogens (tertiary/aromatic N) is 5. The number of benzene rings is 2. The van der Waals surface area contributed by atoms with Crippen LogP contribution in [0.15, 0.2) is 58.6 Å². The first kappa shape index (κ1) is 22.4. The number of aromatic nitrogens is 4. The van der Waals surface area contributed by atoms with E-state index in [0.717, 1.165) is 24.2 Å². The Labute approximate surface area is 190 Å². The first-order chi connectivity index (χ1) is 15.5. The van der Waals surface area contributed by atoms with Crippen molar-refractivity contribution in [2.75, 3.05) is 26.0 Å². The van der Waals surface area contributed by atoms with E-state index in [1.54, 1.807) is 23.9 Å². The Morgan fingerprint density at radius 2 is 1.75 bits per heavy atom. The van der Waals surface area contributed by atoms with Gasteiger partial charge < -0.3 is 4.74 Å². The van der Waals surface area contributed by atoms with E-state index >= 15 is 0 Å². The Hall–Kier alpha value is -2.76. The monoisotopic (exact) mass is 473 g/mol. The van der Waals surface area contributed by atoms with Gasteiger partial charge in [-0.25, -0.2) is 13.1 Å². The van der Waals surface area contributed by atoms with Crippen LogP contribution >= 0.6 is 11.8 Å². The Kier molecular flexibility index (Phi) is 6.87. The van der Waals surface area contributed by atoms with Crippen molar-refractivity contribution in [2.45, 2.75) is 29.4 Å². The fourth-order valence-corrected chi connectivity index (χ4v) is 5.69. The molecule has 0 bridgehead atoms. The number of hydrogen-bond donors (Lipinski definition) is 0. The van der Waals surface area contributed by atoms with Crippen molar-refractivity contribution in [3.8, 4) is 5.75 Å². The van der Waals surface area contributed by atoms with E-state index in [2.05, 4.69) is 15.5 Å². The fourth-order valence-electron chi connectivity index (χ4n) is 3.41. The highest BCUT2D eigenvalue weighted by Crippen LogP contribution is 2.22. The Morgan fingerprint density at radius 3 is 2.41 bits per heavy atom. The lowest BCUT2D eigenvalue weighted by molar-refractivity contribution is 0.102. The first-order valence-electron chi connectivity index (χ1n) is 10.1. The van der Waals surface area contributed by atoms with Crippen LogP contribution in [0.2, 0.25) is 0 Å². The van der Waals surface area contributed by atoms with Crippen molar-refractivity contribution in [3.05, 3.63) is 59.7 Å². The summed E-state index contributed by atoms with van der Waals surface area (Å²) in [6, 6.07) is 13.7. The van der Waals surface area contributed by atoms with Crippen LogP contribution in [0.1, 0.15) is 28.8 Å². The molecule has 0 saturated carbocycles. The minimum Gasteiger partial charge on any atom is -0.497 e. The molecule has 0 aliphatic carbocycles. The number of ketones is 1. The average Bonchev–Trinajstić information content (AvgIpc) is 3.51. The zero-order chi connectivity index (χ0) is 22.6. The second-order valence-corrected chi connectivity index (χ2v) is 10.2. The molecular formula is C21H23N5O4S2. The van der Waals surface area contributed by atoms with E-state index in [-0.39, 0.29) is 16.4 Å². The molecule has 1 aromatic heterocycles. The molecule has 0 atom stereocenters. The normalized spacial score (nSPS) is 14.5. The molecule has 11 heteroatoms. The van der Waals surface area contributed by atoms with Crippen LogP contribution in [0.5, 0.6) is 5.75 Å². The number of sulfonamides is 1. The van der Waals surface area contributed by atoms with Gasteiger partial charge >= 0.3 is 0 Å². The lowest BCUT2D eigenvalue weighted by Gasteiger charge is -2.15. The summed E-state index contributed by atoms with van der Waals surface area (Å²) in [5, 5.41) is 12.3. The number of thioether (sulfide) groups is 1. The summed E-state index contributed by atoms with van der Waals surface area (Å²) in [6.45, 7) is 1.56. The molecule has 1 fully saturated rings. The molecule has 4 rings (SSSR count). The van der Waals surface area contributed by atoms with Crippen LogP contribution in [0.25, 0.3) is 0 Å². The Balaban J connectivity index is 1.37. The predicted molar refractivity (Wildman–Crippen MR) is 119 cm³/mol. The standard InChI is InChI=1S/C21H23N5O4S2/c1-30-18-8-4-16(5-9-18)14-26-21(22-23-24-26)31-15-20(27)17-6-10-19(11-7-17)32(28,29)25-12-2-3-13-25/h4-11H,2-3,12-15H2,1H3. The highest BCUT2D eigenvalue weighted by atomic mass is 32.2. The molecule has 1 saturated heterocycles. The number of Topliss-reactive ketones (excluding diaryl/α,β-unsaturated/α-hetero) is 1. The molecule has 3 aromatic rings. The molecule has 0 amide bonds. The number of tetrazole rings is 1. The van der Waals surface area contributed by atoms with Crippen molar-refractivity contribution >= 4 is 27.6 Å². The summed E-state index contributed by atoms with van der Waals surface area (Å²) in [5.41, 5.74) is 1.45. The van der Waals surface area contributed by atoms with E-state index in [9.17, 15) is 13.2 Å². The van der Waals surface area contributed by atoms with Gasteiger partial charge in [0.25, 0.3) is 0 Å². The SMILES string of the molecule is COc1ccc(Cn2nnnc2SCC(=O)c2ccc(S(=O)(=O)N3CCCC3)cc2)cc1. The molecule has 9 nitrogen and oxygen atoms in total. The maximum atomic E-state index is 12.6. The van der Waals surface area contributed by atoms with Gasteiger partial charge in [0.05, 0.1) is 24.3 Å². The second-order valence-electron chi connectivity index (χ2n) is 7.31. The Bertz CT molecular complexity index is 1170. The molecule has 2 aromatic carbocycles. The third kappa shape index (κ3) is 5.00. The molecule has 2 heterocycles. The minimum atomic E-state index is -3.49.